The summed E-state index contributed by atoms with van der Waals surface area (Å²) in [6, 6.07) is 12.5. The van der Waals surface area contributed by atoms with Gasteiger partial charge in [0.15, 0.2) is 0 Å². The standard InChI is InChI=1S/C24H23FN2O4/c1-15-5-6-17(24(29)30-4)11-22(15)27-16(2)9-21(12-23(27)28)31-14-18-7-8-20(25)10-19(18)13-26-3/h5-13H,14H2,1-4H3. The third-order valence-corrected chi connectivity index (χ3v) is 4.83. The van der Waals surface area contributed by atoms with Crippen LogP contribution in [0.1, 0.15) is 32.7 Å². The van der Waals surface area contributed by atoms with Gasteiger partial charge in [-0.15, -0.1) is 0 Å². The first-order valence-corrected chi connectivity index (χ1v) is 9.60. The first-order valence-electron chi connectivity index (χ1n) is 9.60. The molecule has 3 rings (SSSR count). The molecular weight excluding hydrogens is 399 g/mol. The maximum absolute atomic E-state index is 13.5. The van der Waals surface area contributed by atoms with Crippen molar-refractivity contribution in [3.63, 3.8) is 0 Å². The van der Waals surface area contributed by atoms with Gasteiger partial charge in [-0.1, -0.05) is 12.1 Å². The molecule has 0 amide bonds. The summed E-state index contributed by atoms with van der Waals surface area (Å²) in [6.45, 7) is 3.80. The Balaban J connectivity index is 1.92. The number of aliphatic imine (C=N–C) groups is 1. The van der Waals surface area contributed by atoms with Crippen molar-refractivity contribution >= 4 is 12.2 Å². The lowest BCUT2D eigenvalue weighted by molar-refractivity contribution is 0.0600. The summed E-state index contributed by atoms with van der Waals surface area (Å²) in [5.74, 6) is -0.441. The van der Waals surface area contributed by atoms with E-state index in [1.54, 1.807) is 50.5 Å². The summed E-state index contributed by atoms with van der Waals surface area (Å²) in [6.07, 6.45) is 1.56. The molecule has 0 unspecified atom stereocenters. The second kappa shape index (κ2) is 9.38. The minimum Gasteiger partial charge on any atom is -0.489 e. The van der Waals surface area contributed by atoms with E-state index in [1.807, 2.05) is 6.92 Å². The third-order valence-electron chi connectivity index (χ3n) is 4.83. The van der Waals surface area contributed by atoms with Gasteiger partial charge >= 0.3 is 5.97 Å². The number of hydrogen-bond donors (Lipinski definition) is 0. The molecule has 0 fully saturated rings. The molecule has 0 N–H and O–H groups in total. The number of esters is 1. The molecule has 0 atom stereocenters. The highest BCUT2D eigenvalue weighted by molar-refractivity contribution is 5.90. The Labute approximate surface area is 179 Å². The molecule has 0 saturated carbocycles. The molecule has 6 nitrogen and oxygen atoms in total. The number of carbonyl (C=O) groups excluding carboxylic acids is 1. The number of halogens is 1. The number of aryl methyl sites for hydroxylation is 2. The first kappa shape index (κ1) is 22.0. The molecule has 2 aromatic carbocycles. The Bertz CT molecular complexity index is 1210. The van der Waals surface area contributed by atoms with Gasteiger partial charge in [0.1, 0.15) is 18.2 Å². The van der Waals surface area contributed by atoms with E-state index in [1.165, 1.54) is 29.9 Å². The molecule has 0 aliphatic carbocycles. The number of rotatable bonds is 6. The summed E-state index contributed by atoms with van der Waals surface area (Å²) in [7, 11) is 2.92. The van der Waals surface area contributed by atoms with Gasteiger partial charge in [0.25, 0.3) is 5.56 Å². The molecule has 3 aromatic rings. The quantitative estimate of drug-likeness (QED) is 0.445. The van der Waals surface area contributed by atoms with Crippen LogP contribution in [0.3, 0.4) is 0 Å². The van der Waals surface area contributed by atoms with Gasteiger partial charge < -0.3 is 9.47 Å². The number of pyridine rings is 1. The molecule has 1 aromatic heterocycles. The number of ether oxygens (including phenoxy) is 2. The summed E-state index contributed by atoms with van der Waals surface area (Å²) >= 11 is 0. The van der Waals surface area contributed by atoms with Crippen LogP contribution in [0.2, 0.25) is 0 Å². The van der Waals surface area contributed by atoms with Gasteiger partial charge in [-0.3, -0.25) is 14.4 Å². The van der Waals surface area contributed by atoms with Crippen molar-refractivity contribution in [1.29, 1.82) is 0 Å². The van der Waals surface area contributed by atoms with Crippen molar-refractivity contribution in [3.05, 3.63) is 92.6 Å². The van der Waals surface area contributed by atoms with Crippen molar-refractivity contribution in [2.45, 2.75) is 20.5 Å². The lowest BCUT2D eigenvalue weighted by Crippen LogP contribution is -2.21. The first-order chi connectivity index (χ1) is 14.8. The Morgan fingerprint density at radius 2 is 1.90 bits per heavy atom. The minimum atomic E-state index is -0.474. The van der Waals surface area contributed by atoms with Crippen molar-refractivity contribution in [2.24, 2.45) is 4.99 Å². The predicted octanol–water partition coefficient (Wildman–Crippen LogP) is 4.01. The summed E-state index contributed by atoms with van der Waals surface area (Å²) in [4.78, 5) is 28.7. The van der Waals surface area contributed by atoms with E-state index in [4.69, 9.17) is 9.47 Å². The molecule has 0 saturated heterocycles. The highest BCUT2D eigenvalue weighted by atomic mass is 19.1. The normalized spacial score (nSPS) is 11.0. The molecule has 0 spiro atoms. The molecule has 0 bridgehead atoms. The predicted molar refractivity (Wildman–Crippen MR) is 117 cm³/mol. The monoisotopic (exact) mass is 422 g/mol. The Morgan fingerprint density at radius 1 is 1.13 bits per heavy atom. The van der Waals surface area contributed by atoms with E-state index >= 15 is 0 Å². The number of methoxy groups -OCH3 is 1. The van der Waals surface area contributed by atoms with Gasteiger partial charge in [0.2, 0.25) is 0 Å². The summed E-state index contributed by atoms with van der Waals surface area (Å²) in [5.41, 5.74) is 3.49. The average Bonchev–Trinajstić information content (AvgIpc) is 2.73. The third kappa shape index (κ3) is 4.88. The van der Waals surface area contributed by atoms with Crippen LogP contribution in [0.5, 0.6) is 5.75 Å². The minimum absolute atomic E-state index is 0.154. The number of hydrogen-bond acceptors (Lipinski definition) is 5. The van der Waals surface area contributed by atoms with E-state index in [0.29, 0.717) is 28.3 Å². The maximum Gasteiger partial charge on any atom is 0.337 e. The largest absolute Gasteiger partial charge is 0.489 e. The highest BCUT2D eigenvalue weighted by Crippen LogP contribution is 2.21. The summed E-state index contributed by atoms with van der Waals surface area (Å²) in [5, 5.41) is 0. The molecule has 0 aliphatic heterocycles. The van der Waals surface area contributed by atoms with Crippen LogP contribution >= 0.6 is 0 Å². The van der Waals surface area contributed by atoms with Crippen LogP contribution in [0.25, 0.3) is 5.69 Å². The SMILES string of the molecule is CN=Cc1cc(F)ccc1COc1cc(C)n(-c2cc(C(=O)OC)ccc2C)c(=O)c1. The number of aromatic nitrogens is 1. The zero-order valence-electron chi connectivity index (χ0n) is 17.8. The number of carbonyl (C=O) groups is 1. The van der Waals surface area contributed by atoms with Crippen LogP contribution in [0.4, 0.5) is 4.39 Å². The fraction of sp³-hybridized carbons (Fsp3) is 0.208. The van der Waals surface area contributed by atoms with Crippen LogP contribution in [0, 0.1) is 19.7 Å². The molecule has 1 heterocycles. The van der Waals surface area contributed by atoms with E-state index in [9.17, 15) is 14.0 Å². The van der Waals surface area contributed by atoms with Crippen LogP contribution in [-0.2, 0) is 11.3 Å². The molecule has 160 valence electrons. The maximum atomic E-state index is 13.5. The van der Waals surface area contributed by atoms with Gasteiger partial charge in [-0.2, -0.15) is 0 Å². The van der Waals surface area contributed by atoms with Gasteiger partial charge in [-0.05, 0) is 49.2 Å². The molecule has 0 radical (unpaired) electrons. The molecule has 0 aliphatic rings. The van der Waals surface area contributed by atoms with E-state index < -0.39 is 5.97 Å². The fourth-order valence-corrected chi connectivity index (χ4v) is 3.28. The van der Waals surface area contributed by atoms with E-state index in [2.05, 4.69) is 4.99 Å². The average molecular weight is 422 g/mol. The second-order valence-electron chi connectivity index (χ2n) is 7.02. The van der Waals surface area contributed by atoms with Gasteiger partial charge in [0.05, 0.1) is 18.4 Å². The highest BCUT2D eigenvalue weighted by Gasteiger charge is 2.13. The van der Waals surface area contributed by atoms with Gasteiger partial charge in [-0.25, -0.2) is 9.18 Å². The van der Waals surface area contributed by atoms with Crippen LogP contribution in [-0.4, -0.2) is 30.9 Å². The lowest BCUT2D eigenvalue weighted by atomic mass is 10.1. The zero-order chi connectivity index (χ0) is 22.5. The summed E-state index contributed by atoms with van der Waals surface area (Å²) < 4.78 is 25.6. The fourth-order valence-electron chi connectivity index (χ4n) is 3.28. The smallest absolute Gasteiger partial charge is 0.337 e. The number of benzene rings is 2. The van der Waals surface area contributed by atoms with E-state index in [-0.39, 0.29) is 18.0 Å². The molecule has 7 heteroatoms. The number of nitrogens with zero attached hydrogens (tertiary/aromatic N) is 2. The molecular formula is C24H23FN2O4. The lowest BCUT2D eigenvalue weighted by Gasteiger charge is -2.16. The van der Waals surface area contributed by atoms with Crippen molar-refractivity contribution < 1.29 is 18.7 Å². The van der Waals surface area contributed by atoms with Gasteiger partial charge in [0, 0.05) is 36.7 Å². The van der Waals surface area contributed by atoms with Crippen LogP contribution < -0.4 is 10.3 Å². The molecule has 31 heavy (non-hydrogen) atoms. The Kier molecular flexibility index (Phi) is 6.65. The van der Waals surface area contributed by atoms with Crippen LogP contribution in [0.15, 0.2) is 58.3 Å². The van der Waals surface area contributed by atoms with E-state index in [0.717, 1.165) is 11.1 Å². The van der Waals surface area contributed by atoms with Crippen molar-refractivity contribution in [3.8, 4) is 11.4 Å². The zero-order valence-corrected chi connectivity index (χ0v) is 17.8. The second-order valence-corrected chi connectivity index (χ2v) is 7.02. The topological polar surface area (TPSA) is 69.9 Å². The Hall–Kier alpha value is -3.74. The Morgan fingerprint density at radius 3 is 2.58 bits per heavy atom. The van der Waals surface area contributed by atoms with Crippen molar-refractivity contribution in [1.82, 2.24) is 4.57 Å². The van der Waals surface area contributed by atoms with Crippen molar-refractivity contribution in [2.75, 3.05) is 14.2 Å².